The first-order valence-electron chi connectivity index (χ1n) is 31.0. The van der Waals surface area contributed by atoms with Crippen molar-refractivity contribution in [2.24, 2.45) is 17.2 Å². The summed E-state index contributed by atoms with van der Waals surface area (Å²) in [6, 6.07) is 40.8. The third-order valence-electron chi connectivity index (χ3n) is 16.4. The molecule has 0 radical (unpaired) electrons. The van der Waals surface area contributed by atoms with Crippen LogP contribution in [0, 0.1) is 0 Å². The summed E-state index contributed by atoms with van der Waals surface area (Å²) < 4.78 is 22.7. The minimum Gasteiger partial charge on any atom is -0.457 e. The number of rotatable bonds is 18. The van der Waals surface area contributed by atoms with Crippen molar-refractivity contribution in [2.45, 2.75) is 56.7 Å². The number of halogens is 4. The van der Waals surface area contributed by atoms with Gasteiger partial charge in [-0.25, -0.2) is 0 Å². The van der Waals surface area contributed by atoms with E-state index in [-0.39, 0.29) is 35.8 Å². The van der Waals surface area contributed by atoms with Crippen LogP contribution >= 0.6 is 46.4 Å². The largest absolute Gasteiger partial charge is 0.457 e. The third kappa shape index (κ3) is 17.5. The molecule has 97 heavy (non-hydrogen) atoms. The van der Waals surface area contributed by atoms with Crippen LogP contribution in [0.4, 0.5) is 0 Å². The van der Waals surface area contributed by atoms with Crippen LogP contribution in [-0.2, 0) is 14.4 Å². The summed E-state index contributed by atoms with van der Waals surface area (Å²) in [6.45, 7) is 14.3. The van der Waals surface area contributed by atoms with Crippen LogP contribution in [0.2, 0.25) is 20.1 Å². The van der Waals surface area contributed by atoms with E-state index in [0.717, 1.165) is 55.2 Å². The molecular weight excluding hydrogens is 1320 g/mol. The Kier molecular flexibility index (Phi) is 22.8. The van der Waals surface area contributed by atoms with Crippen molar-refractivity contribution in [2.75, 3.05) is 39.3 Å². The van der Waals surface area contributed by atoms with Crippen molar-refractivity contribution in [3.05, 3.63) is 233 Å². The number of aromatic nitrogens is 6. The van der Waals surface area contributed by atoms with Gasteiger partial charge in [0.15, 0.2) is 0 Å². The van der Waals surface area contributed by atoms with Gasteiger partial charge in [-0.05, 0) is 184 Å². The number of piperidine rings is 3. The van der Waals surface area contributed by atoms with Gasteiger partial charge in [0.25, 0.3) is 17.7 Å². The molecule has 6 N–H and O–H groups in total. The summed E-state index contributed by atoms with van der Waals surface area (Å²) in [7, 11) is 0. The van der Waals surface area contributed by atoms with E-state index in [0.29, 0.717) is 128 Å². The Balaban J connectivity index is 0.000000158. The quantitative estimate of drug-likeness (QED) is 0.0677. The molecule has 0 aliphatic carbocycles. The molecule has 0 bridgehead atoms. The fourth-order valence-corrected chi connectivity index (χ4v) is 12.0. The maximum Gasteiger partial charge on any atom is 0.252 e. The summed E-state index contributed by atoms with van der Waals surface area (Å²) in [5, 5.41) is 16.1. The number of carbonyl (C=O) groups is 6. The fraction of sp³-hybridized carbons (Fsp3) is 0.208. The maximum absolute atomic E-state index is 12.1. The lowest BCUT2D eigenvalue weighted by molar-refractivity contribution is -0.128. The minimum atomic E-state index is -0.567. The average Bonchev–Trinajstić information content (AvgIpc) is 1.68. The Bertz CT molecular complexity index is 4380. The Labute approximate surface area is 579 Å². The Morgan fingerprint density at radius 1 is 0.402 bits per heavy atom. The molecule has 21 nitrogen and oxygen atoms in total. The van der Waals surface area contributed by atoms with E-state index < -0.39 is 17.7 Å². The van der Waals surface area contributed by atoms with E-state index >= 15 is 0 Å². The van der Waals surface area contributed by atoms with Crippen molar-refractivity contribution in [1.29, 1.82) is 0 Å². The molecule has 3 aromatic heterocycles. The number of benzene rings is 6. The highest BCUT2D eigenvalue weighted by molar-refractivity contribution is 6.42. The molecule has 3 saturated heterocycles. The number of likely N-dealkylation sites (tertiary alicyclic amines) is 3. The lowest BCUT2D eigenvalue weighted by Crippen LogP contribution is -2.40. The molecule has 25 heteroatoms. The molecular formula is C72H68Cl4N12O9. The SMILES string of the molecule is C=CC(=O)N1CCC[C@@H](n2cc(C(N)=O)c(-c3ccc(Oc4ccc(Cl)c(Cl)c4)cc3)n2)C1.C=CC(=O)N1CCC[C@@H](n2cc(C(N)=O)c(-c3ccc(Oc4ccc(Cl)cc4)cc3)n2)C1.C=CC(=O)N1CCC[C@@H](n2cc(C(N)=O)c(-c3ccc(Oc4cccc(Cl)c4)cc3)n2)C1. The van der Waals surface area contributed by atoms with Crippen LogP contribution in [0.1, 0.15) is 87.7 Å². The molecule has 3 aliphatic heterocycles. The van der Waals surface area contributed by atoms with E-state index in [2.05, 4.69) is 35.0 Å². The molecule has 6 heterocycles. The number of carbonyl (C=O) groups excluding carboxylic acids is 6. The fourth-order valence-electron chi connectivity index (χ4n) is 11.4. The molecule has 3 aliphatic rings. The van der Waals surface area contributed by atoms with Crippen LogP contribution in [0.25, 0.3) is 33.8 Å². The van der Waals surface area contributed by atoms with Crippen LogP contribution in [0.15, 0.2) is 196 Å². The zero-order valence-electron chi connectivity index (χ0n) is 52.5. The molecule has 0 saturated carbocycles. The van der Waals surface area contributed by atoms with Crippen molar-refractivity contribution in [3.63, 3.8) is 0 Å². The van der Waals surface area contributed by atoms with Gasteiger partial charge in [-0.1, -0.05) is 72.2 Å². The van der Waals surface area contributed by atoms with Crippen molar-refractivity contribution < 1.29 is 43.0 Å². The lowest BCUT2D eigenvalue weighted by atomic mass is 10.1. The molecule has 3 atom stereocenters. The number of nitrogens with zero attached hydrogens (tertiary/aromatic N) is 9. The summed E-state index contributed by atoms with van der Waals surface area (Å²) in [5.74, 6) is 1.71. The van der Waals surface area contributed by atoms with E-state index in [1.54, 1.807) is 150 Å². The molecule has 6 amide bonds. The summed E-state index contributed by atoms with van der Waals surface area (Å²) >= 11 is 23.9. The van der Waals surface area contributed by atoms with Gasteiger partial charge in [-0.3, -0.25) is 42.8 Å². The van der Waals surface area contributed by atoms with Gasteiger partial charge in [-0.15, -0.1) is 0 Å². The predicted octanol–water partition coefficient (Wildman–Crippen LogP) is 14.0. The number of primary amides is 3. The lowest BCUT2D eigenvalue weighted by Gasteiger charge is -2.32. The first-order valence-corrected chi connectivity index (χ1v) is 32.5. The summed E-state index contributed by atoms with van der Waals surface area (Å²) in [6.07, 6.45) is 14.0. The monoisotopic (exact) mass is 1380 g/mol. The Morgan fingerprint density at radius 2 is 0.722 bits per heavy atom. The van der Waals surface area contributed by atoms with Gasteiger partial charge in [0, 0.05) is 90.7 Å². The van der Waals surface area contributed by atoms with Crippen molar-refractivity contribution in [1.82, 2.24) is 44.0 Å². The zero-order valence-corrected chi connectivity index (χ0v) is 55.5. The Hall–Kier alpha value is -10.5. The van der Waals surface area contributed by atoms with Gasteiger partial charge in [0.05, 0.1) is 44.9 Å². The minimum absolute atomic E-state index is 0.0352. The van der Waals surface area contributed by atoms with Crippen LogP contribution in [0.5, 0.6) is 34.5 Å². The van der Waals surface area contributed by atoms with E-state index in [9.17, 15) is 28.8 Å². The van der Waals surface area contributed by atoms with Crippen LogP contribution in [-0.4, -0.2) is 119 Å². The number of hydrogen-bond donors (Lipinski definition) is 3. The van der Waals surface area contributed by atoms with Crippen LogP contribution in [0.3, 0.4) is 0 Å². The van der Waals surface area contributed by atoms with Crippen molar-refractivity contribution >= 4 is 81.8 Å². The normalized spacial score (nSPS) is 15.9. The Morgan fingerprint density at radius 3 is 1.04 bits per heavy atom. The molecule has 6 aromatic carbocycles. The van der Waals surface area contributed by atoms with E-state index in [1.165, 1.54) is 18.2 Å². The first kappa shape index (κ1) is 69.4. The van der Waals surface area contributed by atoms with Gasteiger partial charge in [0.2, 0.25) is 17.7 Å². The second-order valence-corrected chi connectivity index (χ2v) is 24.6. The summed E-state index contributed by atoms with van der Waals surface area (Å²) in [5.41, 5.74) is 21.6. The summed E-state index contributed by atoms with van der Waals surface area (Å²) in [4.78, 5) is 77.6. The van der Waals surface area contributed by atoms with E-state index in [1.807, 2.05) is 36.4 Å². The van der Waals surface area contributed by atoms with Gasteiger partial charge >= 0.3 is 0 Å². The standard InChI is InChI=1S/C24H22Cl2N4O3.2C24H23ClN4O3/c1-2-22(31)29-11-3-4-16(13-29)30-14-19(24(27)32)23(28-30)15-5-7-17(8-6-15)33-18-9-10-20(25)21(26)12-18;1-2-22(30)28-12-4-6-18(14-28)29-15-21(24(26)31)23(27-29)16-8-10-19(11-9-16)32-20-7-3-5-17(25)13-20;1-2-22(30)28-13-3-4-18(14-28)29-15-21(24(26)31)23(27-29)16-5-9-19(10-6-16)32-20-11-7-17(25)8-12-20/h2,5-10,12,14,16H,1,3-4,11,13H2,(H2,27,32);2-3,5,7-11,13,15,18H,1,4,6,12,14H2,(H2,26,31);2,5-12,15,18H,1,3-4,13-14H2,(H2,26,31)/t16-;2*18-/m111/s1. The third-order valence-corrected chi connectivity index (χ3v) is 17.6. The molecule has 498 valence electrons. The number of amides is 6. The average molecular weight is 1390 g/mol. The van der Waals surface area contributed by atoms with Gasteiger partial charge in [-0.2, -0.15) is 15.3 Å². The molecule has 12 rings (SSSR count). The highest BCUT2D eigenvalue weighted by atomic mass is 35.5. The first-order chi connectivity index (χ1) is 46.7. The number of ether oxygens (including phenoxy) is 3. The zero-order chi connectivity index (χ0) is 68.9. The topological polar surface area (TPSA) is 271 Å². The van der Waals surface area contributed by atoms with Gasteiger partial charge < -0.3 is 46.1 Å². The molecule has 0 spiro atoms. The van der Waals surface area contributed by atoms with E-state index in [4.69, 9.17) is 77.8 Å². The van der Waals surface area contributed by atoms with Gasteiger partial charge in [0.1, 0.15) is 51.6 Å². The highest BCUT2D eigenvalue weighted by Gasteiger charge is 2.30. The number of hydrogen-bond acceptors (Lipinski definition) is 12. The van der Waals surface area contributed by atoms with Crippen LogP contribution < -0.4 is 31.4 Å². The second kappa shape index (κ2) is 31.9. The highest BCUT2D eigenvalue weighted by Crippen LogP contribution is 2.36. The van der Waals surface area contributed by atoms with Crippen molar-refractivity contribution in [3.8, 4) is 68.3 Å². The predicted molar refractivity (Wildman–Crippen MR) is 373 cm³/mol. The number of nitrogens with two attached hydrogens (primary N) is 3. The molecule has 3 fully saturated rings. The molecule has 9 aromatic rings. The molecule has 0 unspecified atom stereocenters. The smallest absolute Gasteiger partial charge is 0.252 e. The maximum atomic E-state index is 12.1. The second-order valence-electron chi connectivity index (χ2n) is 22.9.